The minimum absolute atomic E-state index is 0. The molecule has 0 saturated carbocycles. The molecular weight excluding hydrogens is 525 g/mol. The number of rotatable bonds is 6. The van der Waals surface area contributed by atoms with Crippen molar-refractivity contribution in [3.63, 3.8) is 0 Å². The molecule has 1 aliphatic heterocycles. The van der Waals surface area contributed by atoms with E-state index in [-0.39, 0.29) is 55.5 Å². The van der Waals surface area contributed by atoms with E-state index in [0.717, 1.165) is 0 Å². The molecule has 0 radical (unpaired) electrons. The highest BCUT2D eigenvalue weighted by atomic mass is 35.5. The summed E-state index contributed by atoms with van der Waals surface area (Å²) in [5, 5.41) is -0.150. The number of carbonyl (C=O) groups is 1. The molecule has 2 aromatic heterocycles. The van der Waals surface area contributed by atoms with Crippen LogP contribution in [0.15, 0.2) is 18.5 Å². The van der Waals surface area contributed by atoms with Gasteiger partial charge in [-0.15, -0.1) is 0 Å². The molecule has 198 valence electrons. The van der Waals surface area contributed by atoms with Gasteiger partial charge in [0.1, 0.15) is 28.5 Å². The minimum Gasteiger partial charge on any atom is -0.490 e. The quantitative estimate of drug-likeness (QED) is 0.481. The van der Waals surface area contributed by atoms with Crippen molar-refractivity contribution in [3.8, 4) is 5.75 Å². The van der Waals surface area contributed by atoms with E-state index in [2.05, 4.69) is 4.98 Å². The summed E-state index contributed by atoms with van der Waals surface area (Å²) < 4.78 is 28.7. The molecule has 0 aliphatic carbocycles. The lowest BCUT2D eigenvalue weighted by atomic mass is 9.95. The number of hydrogen-bond donors (Lipinski definition) is 1. The maximum atomic E-state index is 15.4. The SMILES string of the molecule is CO[C@H]1CCN(C(=O)c2c(F)c(Cl)cc([C@H](C)c3nc(C)c4c(N)nccn34)c2OC(C)C)C1.S.S. The molecule has 3 heterocycles. The predicted molar refractivity (Wildman–Crippen MR) is 149 cm³/mol. The summed E-state index contributed by atoms with van der Waals surface area (Å²) in [7, 11) is 1.60. The molecule has 1 amide bonds. The number of methoxy groups -OCH3 is 1. The van der Waals surface area contributed by atoms with E-state index in [1.807, 2.05) is 32.1 Å². The minimum atomic E-state index is -0.795. The van der Waals surface area contributed by atoms with Crippen molar-refractivity contribution >= 4 is 55.8 Å². The number of amides is 1. The van der Waals surface area contributed by atoms with Crippen LogP contribution in [-0.4, -0.2) is 57.6 Å². The van der Waals surface area contributed by atoms with Crippen molar-refractivity contribution in [2.45, 2.75) is 52.2 Å². The molecule has 2 atom stereocenters. The van der Waals surface area contributed by atoms with Crippen LogP contribution in [0, 0.1) is 12.7 Å². The summed E-state index contributed by atoms with van der Waals surface area (Å²) in [6.07, 6.45) is 3.66. The molecule has 1 fully saturated rings. The summed E-state index contributed by atoms with van der Waals surface area (Å²) in [6.45, 7) is 8.25. The zero-order valence-corrected chi connectivity index (χ0v) is 23.7. The molecule has 2 N–H and O–H groups in total. The third kappa shape index (κ3) is 5.39. The van der Waals surface area contributed by atoms with Crippen LogP contribution in [-0.2, 0) is 4.74 Å². The fraction of sp³-hybridized carbons (Fsp3) is 0.458. The maximum Gasteiger partial charge on any atom is 0.260 e. The molecule has 0 bridgehead atoms. The van der Waals surface area contributed by atoms with Gasteiger partial charge in [0.05, 0.1) is 22.9 Å². The average molecular weight is 558 g/mol. The van der Waals surface area contributed by atoms with Crippen molar-refractivity contribution < 1.29 is 18.7 Å². The van der Waals surface area contributed by atoms with E-state index >= 15 is 4.39 Å². The smallest absolute Gasteiger partial charge is 0.260 e. The van der Waals surface area contributed by atoms with Crippen LogP contribution >= 0.6 is 38.6 Å². The Morgan fingerprint density at radius 2 is 2.00 bits per heavy atom. The van der Waals surface area contributed by atoms with E-state index in [1.165, 1.54) is 6.07 Å². The Balaban J connectivity index is 0.00000228. The van der Waals surface area contributed by atoms with Crippen molar-refractivity contribution in [3.05, 3.63) is 51.9 Å². The number of likely N-dealkylation sites (tertiary alicyclic amines) is 1. The Kier molecular flexibility index (Phi) is 9.91. The third-order valence-electron chi connectivity index (χ3n) is 6.17. The van der Waals surface area contributed by atoms with Crippen LogP contribution in [0.5, 0.6) is 5.75 Å². The molecule has 12 heteroatoms. The number of nitrogens with zero attached hydrogens (tertiary/aromatic N) is 4. The first kappa shape index (κ1) is 30.0. The van der Waals surface area contributed by atoms with Gasteiger partial charge >= 0.3 is 0 Å². The van der Waals surface area contributed by atoms with E-state index in [9.17, 15) is 4.79 Å². The fourth-order valence-electron chi connectivity index (χ4n) is 4.48. The highest BCUT2D eigenvalue weighted by Gasteiger charge is 2.34. The van der Waals surface area contributed by atoms with Crippen LogP contribution in [0.25, 0.3) is 5.52 Å². The lowest BCUT2D eigenvalue weighted by molar-refractivity contribution is 0.0713. The molecule has 0 spiro atoms. The predicted octanol–water partition coefficient (Wildman–Crippen LogP) is 4.44. The number of carbonyl (C=O) groups excluding carboxylic acids is 1. The van der Waals surface area contributed by atoms with Gasteiger partial charge in [-0.2, -0.15) is 27.0 Å². The molecular formula is C24H33ClFN5O3S2. The number of imidazole rings is 1. The Bertz CT molecular complexity index is 1260. The van der Waals surface area contributed by atoms with Crippen LogP contribution in [0.4, 0.5) is 10.2 Å². The summed E-state index contributed by atoms with van der Waals surface area (Å²) in [5.74, 6) is -0.479. The number of fused-ring (bicyclic) bond motifs is 1. The number of anilines is 1. The van der Waals surface area contributed by atoms with Crippen molar-refractivity contribution in [1.29, 1.82) is 0 Å². The molecule has 8 nitrogen and oxygen atoms in total. The van der Waals surface area contributed by atoms with E-state index < -0.39 is 17.6 Å². The average Bonchev–Trinajstić information content (AvgIpc) is 3.40. The van der Waals surface area contributed by atoms with Gasteiger partial charge in [-0.05, 0) is 33.3 Å². The maximum absolute atomic E-state index is 15.4. The largest absolute Gasteiger partial charge is 0.490 e. The Hall–Kier alpha value is -2.21. The van der Waals surface area contributed by atoms with Crippen molar-refractivity contribution in [1.82, 2.24) is 19.3 Å². The zero-order valence-electron chi connectivity index (χ0n) is 20.9. The highest BCUT2D eigenvalue weighted by molar-refractivity contribution is 7.59. The monoisotopic (exact) mass is 557 g/mol. The van der Waals surface area contributed by atoms with Gasteiger partial charge < -0.3 is 20.1 Å². The summed E-state index contributed by atoms with van der Waals surface area (Å²) >= 11 is 6.33. The number of nitrogen functional groups attached to an aromatic ring is 1. The van der Waals surface area contributed by atoms with E-state index in [4.69, 9.17) is 31.8 Å². The van der Waals surface area contributed by atoms with E-state index in [1.54, 1.807) is 24.4 Å². The molecule has 1 aliphatic rings. The van der Waals surface area contributed by atoms with Gasteiger partial charge in [-0.3, -0.25) is 9.20 Å². The van der Waals surface area contributed by atoms with E-state index in [0.29, 0.717) is 47.9 Å². The van der Waals surface area contributed by atoms with Gasteiger partial charge in [0, 0.05) is 44.1 Å². The fourth-order valence-corrected chi connectivity index (χ4v) is 4.69. The zero-order chi connectivity index (χ0) is 24.7. The molecule has 0 unspecified atom stereocenters. The second kappa shape index (κ2) is 11.9. The Morgan fingerprint density at radius 1 is 1.31 bits per heavy atom. The first-order valence-electron chi connectivity index (χ1n) is 11.2. The number of ether oxygens (including phenoxy) is 2. The number of aromatic nitrogens is 3. The van der Waals surface area contributed by atoms with Crippen LogP contribution in [0.2, 0.25) is 5.02 Å². The molecule has 1 saturated heterocycles. The van der Waals surface area contributed by atoms with Gasteiger partial charge in [0.2, 0.25) is 0 Å². The van der Waals surface area contributed by atoms with Gasteiger partial charge in [0.15, 0.2) is 5.82 Å². The van der Waals surface area contributed by atoms with Crippen LogP contribution in [0.1, 0.15) is 60.5 Å². The lowest BCUT2D eigenvalue weighted by Crippen LogP contribution is -2.31. The first-order chi connectivity index (χ1) is 16.1. The molecule has 36 heavy (non-hydrogen) atoms. The third-order valence-corrected chi connectivity index (χ3v) is 6.45. The summed E-state index contributed by atoms with van der Waals surface area (Å²) in [5.41, 5.74) is 7.88. The van der Waals surface area contributed by atoms with Crippen molar-refractivity contribution in [2.75, 3.05) is 25.9 Å². The molecule has 4 rings (SSSR count). The standard InChI is InChI=1S/C24H29ClFN5O3.2H2S/c1-12(2)34-21-16(13(3)23-29-14(4)20-22(27)28-7-9-31(20)23)10-17(25)19(26)18(21)24(32)30-8-6-15(11-30)33-5;;/h7,9-10,12-13,15H,6,8,11H2,1-5H3,(H2,27,28);2*1H2/t13-,15-;;/m0../s1. The molecule has 1 aromatic carbocycles. The Morgan fingerprint density at radius 3 is 2.61 bits per heavy atom. The normalized spacial score (nSPS) is 16.1. The van der Waals surface area contributed by atoms with Crippen LogP contribution in [0.3, 0.4) is 0 Å². The topological polar surface area (TPSA) is 95.0 Å². The number of hydrogen-bond acceptors (Lipinski definition) is 6. The van der Waals surface area contributed by atoms with Crippen LogP contribution < -0.4 is 10.5 Å². The number of halogens is 2. The van der Waals surface area contributed by atoms with Crippen molar-refractivity contribution in [2.24, 2.45) is 0 Å². The first-order valence-corrected chi connectivity index (χ1v) is 11.6. The Labute approximate surface area is 229 Å². The lowest BCUT2D eigenvalue weighted by Gasteiger charge is -2.24. The molecule has 3 aromatic rings. The van der Waals surface area contributed by atoms with Gasteiger partial charge in [-0.1, -0.05) is 18.5 Å². The van der Waals surface area contributed by atoms with Gasteiger partial charge in [-0.25, -0.2) is 14.4 Å². The highest BCUT2D eigenvalue weighted by Crippen LogP contribution is 2.40. The summed E-state index contributed by atoms with van der Waals surface area (Å²) in [4.78, 5) is 23.9. The second-order valence-electron chi connectivity index (χ2n) is 8.84. The number of benzene rings is 1. The second-order valence-corrected chi connectivity index (χ2v) is 9.25. The van der Waals surface area contributed by atoms with Gasteiger partial charge in [0.25, 0.3) is 5.91 Å². The summed E-state index contributed by atoms with van der Waals surface area (Å²) in [6, 6.07) is 1.51. The number of nitrogens with two attached hydrogens (primary N) is 1. The number of aryl methyl sites for hydroxylation is 1.